The number of aliphatic imine (C=N–C) groups is 1. The Hall–Kier alpha value is -1.78. The Morgan fingerprint density at radius 1 is 1.45 bits per heavy atom. The van der Waals surface area contributed by atoms with Crippen LogP contribution in [-0.4, -0.2) is 16.9 Å². The van der Waals surface area contributed by atoms with E-state index in [9.17, 15) is 4.79 Å². The summed E-state index contributed by atoms with van der Waals surface area (Å²) in [4.78, 5) is 14.2. The number of hydrogen-bond donors (Lipinski definition) is 1. The molecular weight excluding hydrogens is 146 g/mol. The average molecular weight is 149 g/mol. The molecule has 0 aliphatic carbocycles. The number of hydrogen-bond acceptors (Lipinski definition) is 4. The second-order valence-corrected chi connectivity index (χ2v) is 2.06. The molecule has 1 N–H and O–H groups in total. The third-order valence-corrected chi connectivity index (χ3v) is 1.42. The third kappa shape index (κ3) is 0.706. The number of amidine groups is 1. The first-order valence-electron chi connectivity index (χ1n) is 2.92. The first-order valence-corrected chi connectivity index (χ1v) is 2.92. The largest absolute Gasteiger partial charge is 0.478 e. The molecule has 0 radical (unpaired) electrons. The van der Waals surface area contributed by atoms with Crippen molar-refractivity contribution in [1.29, 1.82) is 0 Å². The van der Waals surface area contributed by atoms with E-state index in [1.54, 1.807) is 0 Å². The van der Waals surface area contributed by atoms with Gasteiger partial charge in [0.05, 0.1) is 17.3 Å². The summed E-state index contributed by atoms with van der Waals surface area (Å²) in [5, 5.41) is 15.7. The van der Waals surface area contributed by atoms with Gasteiger partial charge in [0.15, 0.2) is 5.84 Å². The van der Waals surface area contributed by atoms with Crippen molar-refractivity contribution in [3.63, 3.8) is 0 Å². The lowest BCUT2D eigenvalue weighted by Crippen LogP contribution is -2.03. The second kappa shape index (κ2) is 1.85. The highest BCUT2D eigenvalue weighted by atomic mass is 16.4. The maximum atomic E-state index is 10.5. The predicted molar refractivity (Wildman–Crippen MR) is 36.1 cm³/mol. The van der Waals surface area contributed by atoms with E-state index in [1.807, 2.05) is 0 Å². The smallest absolute Gasteiger partial charge is 0.338 e. The van der Waals surface area contributed by atoms with Gasteiger partial charge in [-0.1, -0.05) is 0 Å². The van der Waals surface area contributed by atoms with Crippen LogP contribution in [0.3, 0.4) is 0 Å². The van der Waals surface area contributed by atoms with Crippen LogP contribution < -0.4 is 0 Å². The molecular formula is C6H3N3O2. The van der Waals surface area contributed by atoms with Gasteiger partial charge in [-0.25, -0.2) is 9.79 Å². The van der Waals surface area contributed by atoms with Crippen LogP contribution in [0.1, 0.15) is 0 Å². The van der Waals surface area contributed by atoms with Crippen LogP contribution in [0, 0.1) is 0 Å². The van der Waals surface area contributed by atoms with E-state index in [4.69, 9.17) is 5.11 Å². The molecule has 11 heavy (non-hydrogen) atoms. The molecule has 0 aromatic heterocycles. The van der Waals surface area contributed by atoms with E-state index in [0.717, 1.165) is 0 Å². The van der Waals surface area contributed by atoms with E-state index in [1.165, 1.54) is 12.4 Å². The van der Waals surface area contributed by atoms with Gasteiger partial charge in [-0.3, -0.25) is 0 Å². The molecule has 0 aromatic carbocycles. The van der Waals surface area contributed by atoms with Gasteiger partial charge in [0.2, 0.25) is 0 Å². The van der Waals surface area contributed by atoms with Crippen LogP contribution >= 0.6 is 0 Å². The van der Waals surface area contributed by atoms with Crippen LogP contribution in [0.15, 0.2) is 38.8 Å². The molecule has 5 heteroatoms. The zero-order valence-electron chi connectivity index (χ0n) is 5.35. The molecule has 54 valence electrons. The minimum atomic E-state index is -0.998. The topological polar surface area (TPSA) is 74.4 Å². The van der Waals surface area contributed by atoms with E-state index in [-0.39, 0.29) is 5.57 Å². The van der Waals surface area contributed by atoms with Gasteiger partial charge < -0.3 is 5.11 Å². The molecule has 5 nitrogen and oxygen atoms in total. The summed E-state index contributed by atoms with van der Waals surface area (Å²) in [6, 6.07) is 0. The van der Waals surface area contributed by atoms with Gasteiger partial charge in [-0.15, -0.1) is 5.11 Å². The molecule has 0 fully saturated rings. The molecule has 2 rings (SSSR count). The summed E-state index contributed by atoms with van der Waals surface area (Å²) in [5.74, 6) is -0.607. The number of fused-ring (bicyclic) bond motifs is 1. The van der Waals surface area contributed by atoms with E-state index < -0.39 is 5.97 Å². The lowest BCUT2D eigenvalue weighted by Gasteiger charge is -1.91. The molecule has 0 aromatic rings. The number of aliphatic carboxylic acids is 1. The molecule has 0 atom stereocenters. The Balaban J connectivity index is 2.41. The number of carboxylic acids is 1. The van der Waals surface area contributed by atoms with Crippen molar-refractivity contribution < 1.29 is 9.90 Å². The van der Waals surface area contributed by atoms with Gasteiger partial charge in [-0.2, -0.15) is 5.11 Å². The van der Waals surface area contributed by atoms with E-state index >= 15 is 0 Å². The second-order valence-electron chi connectivity index (χ2n) is 2.06. The minimum Gasteiger partial charge on any atom is -0.478 e. The fourth-order valence-electron chi connectivity index (χ4n) is 0.904. The van der Waals surface area contributed by atoms with Crippen molar-refractivity contribution in [3.8, 4) is 0 Å². The van der Waals surface area contributed by atoms with E-state index in [0.29, 0.717) is 11.4 Å². The summed E-state index contributed by atoms with van der Waals surface area (Å²) in [6.07, 6.45) is 2.67. The van der Waals surface area contributed by atoms with Crippen molar-refractivity contribution >= 4 is 11.8 Å². The highest BCUT2D eigenvalue weighted by molar-refractivity contribution is 6.14. The Morgan fingerprint density at radius 2 is 2.27 bits per heavy atom. The number of rotatable bonds is 1. The zero-order chi connectivity index (χ0) is 7.84. The zero-order valence-corrected chi connectivity index (χ0v) is 5.35. The molecule has 0 amide bonds. The molecule has 2 aliphatic heterocycles. The molecule has 0 saturated carbocycles. The van der Waals surface area contributed by atoms with Gasteiger partial charge in [0, 0.05) is 6.20 Å². The predicted octanol–water partition coefficient (Wildman–Crippen LogP) is 0.717. The van der Waals surface area contributed by atoms with Crippen LogP contribution in [0.5, 0.6) is 0 Å². The number of carboxylic acid groups (broad SMARTS) is 1. The average Bonchev–Trinajstić information content (AvgIpc) is 2.41. The van der Waals surface area contributed by atoms with Crippen LogP contribution in [-0.2, 0) is 4.79 Å². The van der Waals surface area contributed by atoms with Gasteiger partial charge in [0.1, 0.15) is 0 Å². The van der Waals surface area contributed by atoms with Crippen LogP contribution in [0.4, 0.5) is 0 Å². The minimum absolute atomic E-state index is 0.157. The van der Waals surface area contributed by atoms with Crippen molar-refractivity contribution in [2.45, 2.75) is 0 Å². The quantitative estimate of drug-likeness (QED) is 0.596. The molecule has 2 heterocycles. The van der Waals surface area contributed by atoms with Gasteiger partial charge in [0.25, 0.3) is 0 Å². The third-order valence-electron chi connectivity index (χ3n) is 1.42. The Bertz CT molecular complexity index is 349. The molecule has 0 saturated heterocycles. The molecule has 0 unspecified atom stereocenters. The standard InChI is InChI=1S/C6H3N3O2/c10-6(11)4-1-7-5-3(4)2-8-9-5/h1-2H,(H,10,11). The fourth-order valence-corrected chi connectivity index (χ4v) is 0.904. The van der Waals surface area contributed by atoms with Crippen molar-refractivity contribution in [2.75, 3.05) is 0 Å². The van der Waals surface area contributed by atoms with Crippen LogP contribution in [0.2, 0.25) is 0 Å². The normalized spacial score (nSPS) is 19.1. The SMILES string of the molecule is O=C(O)C1=CN=C2N=NC=C12. The van der Waals surface area contributed by atoms with Crippen molar-refractivity contribution in [3.05, 3.63) is 23.5 Å². The van der Waals surface area contributed by atoms with Gasteiger partial charge in [-0.05, 0) is 0 Å². The lowest BCUT2D eigenvalue weighted by atomic mass is 10.1. The highest BCUT2D eigenvalue weighted by Gasteiger charge is 2.25. The summed E-state index contributed by atoms with van der Waals surface area (Å²) in [7, 11) is 0. The van der Waals surface area contributed by atoms with Crippen LogP contribution in [0.25, 0.3) is 0 Å². The van der Waals surface area contributed by atoms with Crippen molar-refractivity contribution in [1.82, 2.24) is 0 Å². The molecule has 2 aliphatic rings. The van der Waals surface area contributed by atoms with E-state index in [2.05, 4.69) is 15.2 Å². The van der Waals surface area contributed by atoms with Crippen molar-refractivity contribution in [2.24, 2.45) is 15.2 Å². The van der Waals surface area contributed by atoms with Gasteiger partial charge >= 0.3 is 5.97 Å². The maximum Gasteiger partial charge on any atom is 0.338 e. The lowest BCUT2D eigenvalue weighted by molar-refractivity contribution is -0.132. The maximum absolute atomic E-state index is 10.5. The molecule has 0 spiro atoms. The number of azo groups is 1. The summed E-state index contributed by atoms with van der Waals surface area (Å²) >= 11 is 0. The monoisotopic (exact) mass is 149 g/mol. The summed E-state index contributed by atoms with van der Waals surface area (Å²) in [6.45, 7) is 0. The number of carbonyl (C=O) groups is 1. The molecule has 0 bridgehead atoms. The Labute approximate surface area is 61.5 Å². The summed E-state index contributed by atoms with van der Waals surface area (Å²) in [5.41, 5.74) is 0.655. The highest BCUT2D eigenvalue weighted by Crippen LogP contribution is 2.23. The Kier molecular flexibility index (Phi) is 1.00. The first-order chi connectivity index (χ1) is 5.29. The summed E-state index contributed by atoms with van der Waals surface area (Å²) < 4.78 is 0. The Morgan fingerprint density at radius 3 is 3.00 bits per heavy atom. The number of nitrogens with zero attached hydrogens (tertiary/aromatic N) is 3. The fraction of sp³-hybridized carbons (Fsp3) is 0. The first kappa shape index (κ1) is 5.96.